The molecule has 0 unspecified atom stereocenters. The molecule has 36 heavy (non-hydrogen) atoms. The first kappa shape index (κ1) is 25.5. The van der Waals surface area contributed by atoms with Gasteiger partial charge in [0.1, 0.15) is 24.0 Å². The number of anilines is 1. The van der Waals surface area contributed by atoms with Gasteiger partial charge in [-0.05, 0) is 60.0 Å². The molecule has 0 aliphatic carbocycles. The van der Waals surface area contributed by atoms with Crippen molar-refractivity contribution >= 4 is 23.4 Å². The van der Waals surface area contributed by atoms with Crippen molar-refractivity contribution in [2.75, 3.05) is 12.4 Å². The number of amides is 1. The van der Waals surface area contributed by atoms with Crippen LogP contribution in [0.2, 0.25) is 0 Å². The highest BCUT2D eigenvalue weighted by atomic mass is 16.6. The Kier molecular flexibility index (Phi) is 8.40. The maximum Gasteiger partial charge on any atom is 0.269 e. The van der Waals surface area contributed by atoms with Crippen LogP contribution in [0.4, 0.5) is 11.4 Å². The third kappa shape index (κ3) is 6.48. The van der Waals surface area contributed by atoms with Gasteiger partial charge in [0.05, 0.1) is 12.0 Å². The number of aromatic hydroxyl groups is 1. The smallest absolute Gasteiger partial charge is 0.269 e. The number of carbonyl (C=O) groups is 1. The second-order valence-corrected chi connectivity index (χ2v) is 7.59. The van der Waals surface area contributed by atoms with Gasteiger partial charge in [-0.1, -0.05) is 18.2 Å². The molecule has 2 N–H and O–H groups in total. The molecule has 0 bridgehead atoms. The van der Waals surface area contributed by atoms with Gasteiger partial charge >= 0.3 is 0 Å². The first-order chi connectivity index (χ1) is 17.3. The summed E-state index contributed by atoms with van der Waals surface area (Å²) in [6.07, 6.45) is 3.50. The minimum atomic E-state index is -0.613. The van der Waals surface area contributed by atoms with Crippen LogP contribution in [-0.2, 0) is 17.8 Å². The summed E-state index contributed by atoms with van der Waals surface area (Å²) in [4.78, 5) is 23.2. The normalized spacial score (nSPS) is 10.7. The van der Waals surface area contributed by atoms with Crippen molar-refractivity contribution in [3.05, 3.63) is 106 Å². The molecule has 0 spiro atoms. The lowest BCUT2D eigenvalue weighted by Crippen LogP contribution is -2.13. The van der Waals surface area contributed by atoms with Gasteiger partial charge in [-0.25, -0.2) is 0 Å². The number of hydrogen-bond donors (Lipinski definition) is 2. The first-order valence-corrected chi connectivity index (χ1v) is 10.7. The number of ether oxygens (including phenoxy) is 2. The zero-order valence-corrected chi connectivity index (χ0v) is 19.4. The Morgan fingerprint density at radius 3 is 2.61 bits per heavy atom. The zero-order valence-electron chi connectivity index (χ0n) is 19.4. The van der Waals surface area contributed by atoms with Gasteiger partial charge in [0.25, 0.3) is 11.6 Å². The van der Waals surface area contributed by atoms with Crippen molar-refractivity contribution in [3.8, 4) is 23.3 Å². The summed E-state index contributed by atoms with van der Waals surface area (Å²) in [6.45, 7) is 3.83. The van der Waals surface area contributed by atoms with Gasteiger partial charge in [0, 0.05) is 23.4 Å². The second-order valence-electron chi connectivity index (χ2n) is 7.59. The number of nitro groups is 1. The molecule has 3 aromatic carbocycles. The molecule has 3 rings (SSSR count). The van der Waals surface area contributed by atoms with E-state index in [2.05, 4.69) is 11.9 Å². The predicted octanol–water partition coefficient (Wildman–Crippen LogP) is 5.16. The third-order valence-corrected chi connectivity index (χ3v) is 5.04. The highest BCUT2D eigenvalue weighted by molar-refractivity contribution is 6.09. The molecule has 0 heterocycles. The van der Waals surface area contributed by atoms with Crippen LogP contribution in [0.1, 0.15) is 16.7 Å². The number of methoxy groups -OCH3 is 1. The summed E-state index contributed by atoms with van der Waals surface area (Å²) in [5.41, 5.74) is 2.08. The van der Waals surface area contributed by atoms with Crippen LogP contribution in [0.3, 0.4) is 0 Å². The molecule has 0 fully saturated rings. The number of phenols is 1. The number of carbonyl (C=O) groups excluding carboxylic acids is 1. The van der Waals surface area contributed by atoms with Crippen molar-refractivity contribution in [3.63, 3.8) is 0 Å². The van der Waals surface area contributed by atoms with E-state index >= 15 is 0 Å². The topological polar surface area (TPSA) is 135 Å². The van der Waals surface area contributed by atoms with Gasteiger partial charge in [-0.15, -0.1) is 6.58 Å². The number of nitrogens with one attached hydrogen (secondary N) is 1. The molecule has 0 aromatic heterocycles. The molecule has 0 aliphatic rings. The number of rotatable bonds is 10. The molecule has 182 valence electrons. The fourth-order valence-corrected chi connectivity index (χ4v) is 3.36. The van der Waals surface area contributed by atoms with Crippen LogP contribution in [0.15, 0.2) is 78.9 Å². The van der Waals surface area contributed by atoms with Crippen LogP contribution in [0, 0.1) is 21.4 Å². The largest absolute Gasteiger partial charge is 0.508 e. The number of allylic oxidation sites excluding steroid dienone is 1. The SMILES string of the molecule is C=CCc1cc(/C=C(/C#N)C(=O)Nc2ccc(O)cc2)cc(OC)c1OCc1cccc([N+](=O)[O-])c1. The highest BCUT2D eigenvalue weighted by Gasteiger charge is 2.16. The number of non-ortho nitro benzene ring substituents is 1. The van der Waals surface area contributed by atoms with E-state index in [1.165, 1.54) is 49.6 Å². The lowest BCUT2D eigenvalue weighted by molar-refractivity contribution is -0.384. The molecule has 0 saturated heterocycles. The standard InChI is InChI=1S/C27H23N3O6/c1-3-5-20-12-19(13-21(16-28)27(32)29-22-8-10-24(31)11-9-22)15-25(35-2)26(20)36-17-18-6-4-7-23(14-18)30(33)34/h3-4,6-15,31H,1,5,17H2,2H3,(H,29,32)/b21-13-. The van der Waals surface area contributed by atoms with Gasteiger partial charge < -0.3 is 19.9 Å². The molecular formula is C27H23N3O6. The average molecular weight is 485 g/mol. The summed E-state index contributed by atoms with van der Waals surface area (Å²) >= 11 is 0. The third-order valence-electron chi connectivity index (χ3n) is 5.04. The summed E-state index contributed by atoms with van der Waals surface area (Å²) < 4.78 is 11.5. The second kappa shape index (κ2) is 11.9. The Labute approximate surface area is 207 Å². The Bertz CT molecular complexity index is 1360. The maximum absolute atomic E-state index is 12.6. The Morgan fingerprint density at radius 2 is 1.97 bits per heavy atom. The van der Waals surface area contributed by atoms with E-state index in [4.69, 9.17) is 9.47 Å². The molecule has 9 heteroatoms. The quantitative estimate of drug-likeness (QED) is 0.101. The molecule has 0 radical (unpaired) electrons. The average Bonchev–Trinajstić information content (AvgIpc) is 2.87. The maximum atomic E-state index is 12.6. The van der Waals surface area contributed by atoms with Crippen molar-refractivity contribution in [1.82, 2.24) is 0 Å². The number of benzene rings is 3. The molecule has 3 aromatic rings. The van der Waals surface area contributed by atoms with E-state index in [0.29, 0.717) is 40.3 Å². The van der Waals surface area contributed by atoms with E-state index in [1.54, 1.807) is 30.3 Å². The van der Waals surface area contributed by atoms with Crippen LogP contribution in [0.25, 0.3) is 6.08 Å². The Morgan fingerprint density at radius 1 is 1.22 bits per heavy atom. The Hall–Kier alpha value is -5.10. The van der Waals surface area contributed by atoms with Crippen LogP contribution in [-0.4, -0.2) is 23.0 Å². The summed E-state index contributed by atoms with van der Waals surface area (Å²) in [5.74, 6) is 0.229. The van der Waals surface area contributed by atoms with Gasteiger partial charge in [-0.3, -0.25) is 14.9 Å². The van der Waals surface area contributed by atoms with Crippen molar-refractivity contribution in [2.24, 2.45) is 0 Å². The summed E-state index contributed by atoms with van der Waals surface area (Å²) in [6, 6.07) is 17.3. The number of phenolic OH excluding ortho intramolecular Hbond substituents is 1. The van der Waals surface area contributed by atoms with Crippen LogP contribution < -0.4 is 14.8 Å². The van der Waals surface area contributed by atoms with E-state index in [-0.39, 0.29) is 23.6 Å². The van der Waals surface area contributed by atoms with Crippen molar-refractivity contribution in [1.29, 1.82) is 5.26 Å². The number of hydrogen-bond acceptors (Lipinski definition) is 7. The molecule has 9 nitrogen and oxygen atoms in total. The molecule has 1 amide bonds. The van der Waals surface area contributed by atoms with E-state index in [0.717, 1.165) is 0 Å². The molecule has 0 aliphatic heterocycles. The minimum absolute atomic E-state index is 0.0375. The molecule has 0 atom stereocenters. The first-order valence-electron chi connectivity index (χ1n) is 10.7. The van der Waals surface area contributed by atoms with Crippen LogP contribution >= 0.6 is 0 Å². The van der Waals surface area contributed by atoms with Crippen LogP contribution in [0.5, 0.6) is 17.2 Å². The lowest BCUT2D eigenvalue weighted by Gasteiger charge is -2.16. The van der Waals surface area contributed by atoms with Crippen molar-refractivity contribution < 1.29 is 24.3 Å². The van der Waals surface area contributed by atoms with E-state index in [9.17, 15) is 25.3 Å². The number of nitro benzene ring substituents is 1. The molecular weight excluding hydrogens is 462 g/mol. The van der Waals surface area contributed by atoms with Gasteiger partial charge in [0.15, 0.2) is 11.5 Å². The van der Waals surface area contributed by atoms with E-state index < -0.39 is 10.8 Å². The van der Waals surface area contributed by atoms with Gasteiger partial charge in [0.2, 0.25) is 0 Å². The van der Waals surface area contributed by atoms with Crippen molar-refractivity contribution in [2.45, 2.75) is 13.0 Å². The number of nitrogens with zero attached hydrogens (tertiary/aromatic N) is 2. The predicted molar refractivity (Wildman–Crippen MR) is 135 cm³/mol. The fraction of sp³-hybridized carbons (Fsp3) is 0.111. The summed E-state index contributed by atoms with van der Waals surface area (Å²) in [5, 5.41) is 32.6. The fourth-order valence-electron chi connectivity index (χ4n) is 3.36. The zero-order chi connectivity index (χ0) is 26.1. The lowest BCUT2D eigenvalue weighted by atomic mass is 10.0. The van der Waals surface area contributed by atoms with Gasteiger partial charge in [-0.2, -0.15) is 5.26 Å². The Balaban J connectivity index is 1.89. The van der Waals surface area contributed by atoms with E-state index in [1.807, 2.05) is 6.07 Å². The number of nitriles is 1. The molecule has 0 saturated carbocycles. The monoisotopic (exact) mass is 485 g/mol. The minimum Gasteiger partial charge on any atom is -0.508 e. The summed E-state index contributed by atoms with van der Waals surface area (Å²) in [7, 11) is 1.46. The highest BCUT2D eigenvalue weighted by Crippen LogP contribution is 2.35.